The highest BCUT2D eigenvalue weighted by Gasteiger charge is 2.36. The fraction of sp³-hybridized carbons (Fsp3) is 0.379. The van der Waals surface area contributed by atoms with Crippen LogP contribution in [0.4, 0.5) is 0 Å². The molecule has 220 valence electrons. The number of fused-ring (bicyclic) bond motifs is 3. The van der Waals surface area contributed by atoms with Gasteiger partial charge in [0, 0.05) is 25.7 Å². The summed E-state index contributed by atoms with van der Waals surface area (Å²) in [5.74, 6) is -1.51. The van der Waals surface area contributed by atoms with Gasteiger partial charge in [0.2, 0.25) is 15.9 Å². The van der Waals surface area contributed by atoms with Gasteiger partial charge in [-0.25, -0.2) is 18.1 Å². The number of aliphatic carboxylic acids is 1. The Hall–Kier alpha value is -3.25. The van der Waals surface area contributed by atoms with Crippen molar-refractivity contribution in [3.05, 3.63) is 74.4 Å². The number of carbonyl (C=O) groups is 1. The Kier molecular flexibility index (Phi) is 7.63. The number of nitrogens with zero attached hydrogens (tertiary/aromatic N) is 5. The lowest BCUT2D eigenvalue weighted by atomic mass is 9.85. The monoisotopic (exact) mass is 629 g/mol. The Bertz CT molecular complexity index is 1830. The van der Waals surface area contributed by atoms with Crippen LogP contribution in [-0.4, -0.2) is 56.4 Å². The fourth-order valence-electron chi connectivity index (χ4n) is 6.00. The largest absolute Gasteiger partial charge is 0.481 e. The van der Waals surface area contributed by atoms with Crippen LogP contribution in [-0.2, 0) is 41.3 Å². The lowest BCUT2D eigenvalue weighted by Gasteiger charge is -2.25. The summed E-state index contributed by atoms with van der Waals surface area (Å²) in [6, 6.07) is 9.02. The molecule has 2 aromatic carbocycles. The Morgan fingerprint density at radius 2 is 2.02 bits per heavy atom. The maximum Gasteiger partial charge on any atom is 0.304 e. The summed E-state index contributed by atoms with van der Waals surface area (Å²) in [7, 11) is -2.24. The van der Waals surface area contributed by atoms with E-state index in [9.17, 15) is 18.3 Å². The van der Waals surface area contributed by atoms with E-state index in [0.717, 1.165) is 47.0 Å². The maximum atomic E-state index is 13.9. The number of hydrogen-bond donors (Lipinski definition) is 1. The Balaban J connectivity index is 1.46. The molecule has 1 unspecified atom stereocenters. The van der Waals surface area contributed by atoms with Crippen molar-refractivity contribution in [1.82, 2.24) is 24.3 Å². The molecule has 4 aromatic rings. The van der Waals surface area contributed by atoms with Crippen LogP contribution in [0.5, 0.6) is 5.88 Å². The van der Waals surface area contributed by atoms with Crippen molar-refractivity contribution in [3.8, 4) is 5.88 Å². The van der Waals surface area contributed by atoms with Gasteiger partial charge < -0.3 is 9.84 Å². The van der Waals surface area contributed by atoms with Crippen LogP contribution in [0, 0.1) is 0 Å². The molecule has 1 aliphatic carbocycles. The Morgan fingerprint density at radius 3 is 2.79 bits per heavy atom. The molecule has 0 radical (unpaired) electrons. The molecule has 3 heterocycles. The summed E-state index contributed by atoms with van der Waals surface area (Å²) in [5, 5.41) is 18.7. The molecule has 10 nitrogen and oxygen atoms in total. The number of halogens is 2. The average Bonchev–Trinajstić information content (AvgIpc) is 3.56. The number of hydrogen-bond acceptors (Lipinski definition) is 7. The van der Waals surface area contributed by atoms with Crippen molar-refractivity contribution >= 4 is 50.2 Å². The van der Waals surface area contributed by atoms with E-state index < -0.39 is 28.0 Å². The number of sulfonamides is 1. The highest BCUT2D eigenvalue weighted by Crippen LogP contribution is 2.40. The first-order valence-corrected chi connectivity index (χ1v) is 15.9. The summed E-state index contributed by atoms with van der Waals surface area (Å²) >= 11 is 13.0. The molecule has 1 aliphatic heterocycles. The number of ether oxygens (including phenoxy) is 1. The van der Waals surface area contributed by atoms with Crippen LogP contribution in [0.15, 0.2) is 41.4 Å². The molecular weight excluding hydrogens is 601 g/mol. The molecule has 1 N–H and O–H groups in total. The maximum absolute atomic E-state index is 13.9. The summed E-state index contributed by atoms with van der Waals surface area (Å²) in [6.07, 6.45) is 3.92. The third-order valence-electron chi connectivity index (χ3n) is 8.13. The van der Waals surface area contributed by atoms with Crippen LogP contribution in [0.25, 0.3) is 11.0 Å². The molecule has 13 heteroatoms. The highest BCUT2D eigenvalue weighted by atomic mass is 35.5. The first-order valence-electron chi connectivity index (χ1n) is 13.7. The molecule has 0 saturated heterocycles. The second-order valence-corrected chi connectivity index (χ2v) is 13.5. The summed E-state index contributed by atoms with van der Waals surface area (Å²) in [4.78, 5) is 16.2. The molecular formula is C29H29Cl2N5O5S. The van der Waals surface area contributed by atoms with E-state index in [2.05, 4.69) is 15.3 Å². The zero-order valence-corrected chi connectivity index (χ0v) is 25.4. The predicted molar refractivity (Wildman–Crippen MR) is 158 cm³/mol. The fourth-order valence-corrected chi connectivity index (χ4v) is 8.10. The van der Waals surface area contributed by atoms with Crippen molar-refractivity contribution in [2.24, 2.45) is 7.05 Å². The first kappa shape index (κ1) is 28.9. The lowest BCUT2D eigenvalue weighted by Crippen LogP contribution is -2.36. The number of aryl methyl sites for hydroxylation is 2. The Labute approximate surface area is 253 Å². The third-order valence-corrected chi connectivity index (χ3v) is 10.5. The van der Waals surface area contributed by atoms with Gasteiger partial charge in [0.1, 0.15) is 16.5 Å². The number of rotatable bonds is 7. The molecule has 0 fully saturated rings. The van der Waals surface area contributed by atoms with E-state index in [4.69, 9.17) is 27.9 Å². The minimum Gasteiger partial charge on any atom is -0.481 e. The number of benzene rings is 2. The van der Waals surface area contributed by atoms with E-state index >= 15 is 0 Å². The predicted octanol–water partition coefficient (Wildman–Crippen LogP) is 5.13. The van der Waals surface area contributed by atoms with Gasteiger partial charge in [-0.05, 0) is 65.6 Å². The van der Waals surface area contributed by atoms with E-state index in [-0.39, 0.29) is 35.3 Å². The number of carboxylic acid groups (broad SMARTS) is 1. The number of pyridine rings is 1. The molecule has 2 atom stereocenters. The standard InChI is InChI=1S/C29H29Cl2N5O5S/c1-3-20-15-36(42(39,40)25-11-19(30)13-32-29(25)41-20)14-18-10-17(9-16-5-4-6-21(16)18)23(12-26(37)38)22-7-8-24-28(27(22)31)33-34-35(24)2/h7-11,13,20,23H,3-6,12,14-15H2,1-2H3,(H,37,38)/t20-,23?/m1/s1. The van der Waals surface area contributed by atoms with Crippen molar-refractivity contribution in [2.75, 3.05) is 6.54 Å². The lowest BCUT2D eigenvalue weighted by molar-refractivity contribution is -0.137. The third kappa shape index (κ3) is 5.12. The molecule has 0 saturated carbocycles. The van der Waals surface area contributed by atoms with Gasteiger partial charge in [0.15, 0.2) is 0 Å². The highest BCUT2D eigenvalue weighted by molar-refractivity contribution is 7.89. The number of carboxylic acids is 1. The molecule has 42 heavy (non-hydrogen) atoms. The van der Waals surface area contributed by atoms with Gasteiger partial charge >= 0.3 is 5.97 Å². The molecule has 6 rings (SSSR count). The van der Waals surface area contributed by atoms with Crippen LogP contribution < -0.4 is 4.74 Å². The second-order valence-electron chi connectivity index (χ2n) is 10.8. The zero-order chi connectivity index (χ0) is 29.8. The average molecular weight is 631 g/mol. The minimum atomic E-state index is -4.00. The van der Waals surface area contributed by atoms with Crippen LogP contribution in [0.1, 0.15) is 59.9 Å². The Morgan fingerprint density at radius 1 is 1.21 bits per heavy atom. The van der Waals surface area contributed by atoms with E-state index in [1.54, 1.807) is 11.7 Å². The van der Waals surface area contributed by atoms with E-state index in [0.29, 0.717) is 22.5 Å². The summed E-state index contributed by atoms with van der Waals surface area (Å²) < 4.78 is 36.9. The quantitative estimate of drug-likeness (QED) is 0.298. The SMILES string of the molecule is CC[C@@H]1CN(Cc2cc(C(CC(=O)O)c3ccc4c(nnn4C)c3Cl)cc3c2CCC3)S(=O)(=O)c2cc(Cl)cnc2O1. The molecule has 2 aliphatic rings. The summed E-state index contributed by atoms with van der Waals surface area (Å²) in [5.41, 5.74) is 5.66. The second kappa shape index (κ2) is 11.1. The van der Waals surface area contributed by atoms with Gasteiger partial charge in [-0.2, -0.15) is 4.31 Å². The molecule has 0 amide bonds. The van der Waals surface area contributed by atoms with Crippen LogP contribution in [0.2, 0.25) is 10.0 Å². The first-order chi connectivity index (χ1) is 20.1. The van der Waals surface area contributed by atoms with Gasteiger partial charge in [-0.3, -0.25) is 4.79 Å². The molecule has 2 aromatic heterocycles. The van der Waals surface area contributed by atoms with Gasteiger partial charge in [0.25, 0.3) is 0 Å². The van der Waals surface area contributed by atoms with Gasteiger partial charge in [-0.15, -0.1) is 5.10 Å². The summed E-state index contributed by atoms with van der Waals surface area (Å²) in [6.45, 7) is 2.17. The van der Waals surface area contributed by atoms with E-state index in [1.165, 1.54) is 16.6 Å². The smallest absolute Gasteiger partial charge is 0.304 e. The molecule has 0 spiro atoms. The van der Waals surface area contributed by atoms with Crippen molar-refractivity contribution in [2.45, 2.75) is 62.5 Å². The number of aromatic nitrogens is 4. The topological polar surface area (TPSA) is 128 Å². The van der Waals surface area contributed by atoms with Crippen molar-refractivity contribution < 1.29 is 23.1 Å². The normalized spacial score (nSPS) is 18.7. The van der Waals surface area contributed by atoms with Crippen molar-refractivity contribution in [1.29, 1.82) is 0 Å². The zero-order valence-electron chi connectivity index (χ0n) is 23.0. The van der Waals surface area contributed by atoms with Crippen LogP contribution >= 0.6 is 23.2 Å². The van der Waals surface area contributed by atoms with Gasteiger partial charge in [-0.1, -0.05) is 53.5 Å². The van der Waals surface area contributed by atoms with E-state index in [1.807, 2.05) is 31.2 Å². The minimum absolute atomic E-state index is 0.0447. The van der Waals surface area contributed by atoms with Crippen molar-refractivity contribution in [3.63, 3.8) is 0 Å². The van der Waals surface area contributed by atoms with Gasteiger partial charge in [0.05, 0.1) is 28.5 Å². The molecule has 0 bridgehead atoms. The van der Waals surface area contributed by atoms with Crippen LogP contribution in [0.3, 0.4) is 0 Å².